The number of hydrogen-bond donors (Lipinski definition) is 0. The number of rotatable bonds is 6. The predicted molar refractivity (Wildman–Crippen MR) is 114 cm³/mol. The molecule has 1 aromatic carbocycles. The van der Waals surface area contributed by atoms with E-state index in [9.17, 15) is 4.79 Å². The lowest BCUT2D eigenvalue weighted by molar-refractivity contribution is 0.0470. The summed E-state index contributed by atoms with van der Waals surface area (Å²) in [4.78, 5) is 22.3. The second-order valence-corrected chi connectivity index (χ2v) is 7.83. The number of ether oxygens (including phenoxy) is 1. The van der Waals surface area contributed by atoms with Gasteiger partial charge in [0.25, 0.3) is 0 Å². The van der Waals surface area contributed by atoms with Crippen molar-refractivity contribution in [3.8, 4) is 11.3 Å². The Balaban J connectivity index is 1.68. The lowest BCUT2D eigenvalue weighted by Crippen LogP contribution is -2.08. The minimum Gasteiger partial charge on any atom is -0.456 e. The number of fused-ring (bicyclic) bond motifs is 1. The van der Waals surface area contributed by atoms with Crippen LogP contribution >= 0.6 is 11.3 Å². The molecule has 4 rings (SSSR count). The van der Waals surface area contributed by atoms with Crippen molar-refractivity contribution in [3.05, 3.63) is 63.7 Å². The van der Waals surface area contributed by atoms with Gasteiger partial charge in [0, 0.05) is 18.0 Å². The molecule has 4 aromatic rings. The molecule has 0 bridgehead atoms. The molecular formula is C22H22N4O2S. The number of pyridine rings is 1. The number of benzene rings is 1. The van der Waals surface area contributed by atoms with Crippen LogP contribution in [0.5, 0.6) is 0 Å². The first-order valence-corrected chi connectivity index (χ1v) is 10.4. The highest BCUT2D eigenvalue weighted by Gasteiger charge is 2.20. The molecule has 7 heteroatoms. The van der Waals surface area contributed by atoms with Gasteiger partial charge in [-0.3, -0.25) is 4.68 Å². The number of carbonyl (C=O) groups excluding carboxylic acids is 1. The molecule has 0 radical (unpaired) electrons. The van der Waals surface area contributed by atoms with Gasteiger partial charge in [-0.15, -0.1) is 11.3 Å². The largest absolute Gasteiger partial charge is 0.456 e. The zero-order valence-corrected chi connectivity index (χ0v) is 17.5. The maximum Gasteiger partial charge on any atom is 0.339 e. The highest BCUT2D eigenvalue weighted by atomic mass is 32.1. The van der Waals surface area contributed by atoms with Crippen LogP contribution in [0.25, 0.3) is 22.3 Å². The Morgan fingerprint density at radius 3 is 2.76 bits per heavy atom. The van der Waals surface area contributed by atoms with E-state index in [1.54, 1.807) is 22.1 Å². The van der Waals surface area contributed by atoms with Crippen molar-refractivity contribution in [1.82, 2.24) is 19.7 Å². The third kappa shape index (κ3) is 3.91. The molecule has 0 spiro atoms. The molecule has 0 saturated heterocycles. The summed E-state index contributed by atoms with van der Waals surface area (Å²) < 4.78 is 7.31. The van der Waals surface area contributed by atoms with Crippen molar-refractivity contribution in [1.29, 1.82) is 0 Å². The van der Waals surface area contributed by atoms with Gasteiger partial charge in [0.2, 0.25) is 0 Å². The maximum atomic E-state index is 13.0. The zero-order valence-electron chi connectivity index (χ0n) is 16.7. The summed E-state index contributed by atoms with van der Waals surface area (Å²) >= 11 is 1.60. The Morgan fingerprint density at radius 2 is 2.00 bits per heavy atom. The van der Waals surface area contributed by atoms with Gasteiger partial charge in [0.05, 0.1) is 33.0 Å². The molecule has 6 nitrogen and oxygen atoms in total. The van der Waals surface area contributed by atoms with E-state index in [1.807, 2.05) is 49.7 Å². The normalized spacial score (nSPS) is 11.1. The second-order valence-electron chi connectivity index (χ2n) is 6.89. The van der Waals surface area contributed by atoms with Crippen LogP contribution in [-0.2, 0) is 24.8 Å². The molecule has 0 atom stereocenters. The molecule has 0 amide bonds. The molecule has 0 N–H and O–H groups in total. The maximum absolute atomic E-state index is 13.0. The van der Waals surface area contributed by atoms with Gasteiger partial charge in [0.15, 0.2) is 5.65 Å². The first-order chi connectivity index (χ1) is 14.1. The van der Waals surface area contributed by atoms with Gasteiger partial charge in [-0.2, -0.15) is 5.10 Å². The molecule has 0 aliphatic heterocycles. The first-order valence-electron chi connectivity index (χ1n) is 9.57. The van der Waals surface area contributed by atoms with Gasteiger partial charge in [-0.25, -0.2) is 14.8 Å². The van der Waals surface area contributed by atoms with E-state index in [2.05, 4.69) is 17.0 Å². The second kappa shape index (κ2) is 8.13. The van der Waals surface area contributed by atoms with Gasteiger partial charge in [-0.05, 0) is 25.8 Å². The fraction of sp³-hybridized carbons (Fsp3) is 0.273. The van der Waals surface area contributed by atoms with Crippen LogP contribution in [0, 0.1) is 6.92 Å². The lowest BCUT2D eigenvalue weighted by Gasteiger charge is -2.08. The number of esters is 1. The summed E-state index contributed by atoms with van der Waals surface area (Å²) in [6, 6.07) is 11.6. The van der Waals surface area contributed by atoms with Crippen LogP contribution in [0.15, 0.2) is 41.8 Å². The Bertz CT molecular complexity index is 1160. The van der Waals surface area contributed by atoms with Crippen molar-refractivity contribution >= 4 is 28.3 Å². The fourth-order valence-electron chi connectivity index (χ4n) is 3.32. The quantitative estimate of drug-likeness (QED) is 0.434. The summed E-state index contributed by atoms with van der Waals surface area (Å²) in [7, 11) is 1.83. The first kappa shape index (κ1) is 19.3. The van der Waals surface area contributed by atoms with Crippen molar-refractivity contribution < 1.29 is 9.53 Å². The SMILES string of the molecule is CCCc1nc(COC(=O)c2cc(-c3ccccc3)nc3c2c(C)nn3C)cs1. The van der Waals surface area contributed by atoms with Crippen LogP contribution < -0.4 is 0 Å². The molecule has 0 aliphatic rings. The van der Waals surface area contributed by atoms with Crippen LogP contribution in [0.2, 0.25) is 0 Å². The standard InChI is InChI=1S/C22H22N4O2S/c1-4-8-19-23-16(13-29-19)12-28-22(27)17-11-18(15-9-6-5-7-10-15)24-21-20(17)14(2)25-26(21)3/h5-7,9-11,13H,4,8,12H2,1-3H3. The fourth-order valence-corrected chi connectivity index (χ4v) is 4.21. The Labute approximate surface area is 173 Å². The van der Waals surface area contributed by atoms with E-state index < -0.39 is 5.97 Å². The molecule has 0 saturated carbocycles. The van der Waals surface area contributed by atoms with E-state index in [1.165, 1.54) is 0 Å². The number of nitrogens with zero attached hydrogens (tertiary/aromatic N) is 4. The summed E-state index contributed by atoms with van der Waals surface area (Å²) in [6.07, 6.45) is 1.99. The lowest BCUT2D eigenvalue weighted by atomic mass is 10.1. The summed E-state index contributed by atoms with van der Waals surface area (Å²) in [5.74, 6) is -0.393. The van der Waals surface area contributed by atoms with Crippen LogP contribution in [0.1, 0.15) is 40.1 Å². The van der Waals surface area contributed by atoms with E-state index in [4.69, 9.17) is 9.72 Å². The molecule has 29 heavy (non-hydrogen) atoms. The number of aryl methyl sites for hydroxylation is 3. The van der Waals surface area contributed by atoms with E-state index in [0.29, 0.717) is 16.9 Å². The zero-order chi connectivity index (χ0) is 20.4. The average Bonchev–Trinajstić information content (AvgIpc) is 3.30. The van der Waals surface area contributed by atoms with Crippen LogP contribution in [0.4, 0.5) is 0 Å². The number of hydrogen-bond acceptors (Lipinski definition) is 6. The molecular weight excluding hydrogens is 384 g/mol. The molecule has 3 aromatic heterocycles. The topological polar surface area (TPSA) is 69.9 Å². The highest BCUT2D eigenvalue weighted by molar-refractivity contribution is 7.09. The minimum absolute atomic E-state index is 0.156. The highest BCUT2D eigenvalue weighted by Crippen LogP contribution is 2.27. The summed E-state index contributed by atoms with van der Waals surface area (Å²) in [6.45, 7) is 4.15. The molecule has 148 valence electrons. The van der Waals surface area contributed by atoms with E-state index in [0.717, 1.165) is 40.2 Å². The van der Waals surface area contributed by atoms with E-state index >= 15 is 0 Å². The predicted octanol–water partition coefficient (Wildman–Crippen LogP) is 4.71. The van der Waals surface area contributed by atoms with Gasteiger partial charge >= 0.3 is 5.97 Å². The smallest absolute Gasteiger partial charge is 0.339 e. The van der Waals surface area contributed by atoms with Crippen LogP contribution in [-0.4, -0.2) is 25.7 Å². The Hall–Kier alpha value is -3.06. The van der Waals surface area contributed by atoms with Crippen molar-refractivity contribution in [2.24, 2.45) is 7.05 Å². The van der Waals surface area contributed by atoms with Gasteiger partial charge in [-0.1, -0.05) is 37.3 Å². The third-order valence-electron chi connectivity index (χ3n) is 4.67. The van der Waals surface area contributed by atoms with Gasteiger partial charge < -0.3 is 4.74 Å². The van der Waals surface area contributed by atoms with Crippen molar-refractivity contribution in [3.63, 3.8) is 0 Å². The third-order valence-corrected chi connectivity index (χ3v) is 5.63. The Kier molecular flexibility index (Phi) is 5.40. The Morgan fingerprint density at radius 1 is 1.21 bits per heavy atom. The van der Waals surface area contributed by atoms with Crippen molar-refractivity contribution in [2.45, 2.75) is 33.3 Å². The number of thiazole rings is 1. The van der Waals surface area contributed by atoms with Gasteiger partial charge in [0.1, 0.15) is 6.61 Å². The van der Waals surface area contributed by atoms with Crippen LogP contribution in [0.3, 0.4) is 0 Å². The summed E-state index contributed by atoms with van der Waals surface area (Å²) in [5.41, 5.74) is 4.32. The number of aromatic nitrogens is 4. The summed E-state index contributed by atoms with van der Waals surface area (Å²) in [5, 5.41) is 8.19. The molecule has 0 aliphatic carbocycles. The van der Waals surface area contributed by atoms with E-state index in [-0.39, 0.29) is 6.61 Å². The molecule has 0 fully saturated rings. The van der Waals surface area contributed by atoms with Crippen molar-refractivity contribution in [2.75, 3.05) is 0 Å². The average molecular weight is 407 g/mol. The number of carbonyl (C=O) groups is 1. The molecule has 0 unspecified atom stereocenters. The minimum atomic E-state index is -0.393. The monoisotopic (exact) mass is 406 g/mol. The molecule has 3 heterocycles.